The van der Waals surface area contributed by atoms with Crippen LogP contribution in [0.4, 0.5) is 17.8 Å². The van der Waals surface area contributed by atoms with Crippen molar-refractivity contribution in [1.29, 1.82) is 0 Å². The molecule has 1 aromatic rings. The Balaban J connectivity index is 2.78. The van der Waals surface area contributed by atoms with Gasteiger partial charge in [0.1, 0.15) is 0 Å². The van der Waals surface area contributed by atoms with E-state index in [1.165, 1.54) is 0 Å². The minimum Gasteiger partial charge on any atom is -0.354 e. The Hall–Kier alpha value is -1.90. The van der Waals surface area contributed by atoms with E-state index >= 15 is 0 Å². The van der Waals surface area contributed by atoms with Crippen molar-refractivity contribution in [2.24, 2.45) is 0 Å². The summed E-state index contributed by atoms with van der Waals surface area (Å²) in [6.07, 6.45) is 1.02. The molecule has 1 aromatic heterocycles. The topological polar surface area (TPSA) is 241 Å². The average molecular weight is 564 g/mol. The lowest BCUT2D eigenvalue weighted by Crippen LogP contribution is -2.33. The fourth-order valence-electron chi connectivity index (χ4n) is 2.74. The minimum atomic E-state index is -4.16. The molecule has 0 amide bonds. The molecule has 19 heteroatoms. The van der Waals surface area contributed by atoms with Gasteiger partial charge in [-0.25, -0.2) is 0 Å². The normalized spacial score (nSPS) is 12.6. The fraction of sp³-hybridized carbons (Fsp3) is 0.812. The molecule has 0 radical (unpaired) electrons. The molecule has 0 aliphatic rings. The third-order valence-corrected chi connectivity index (χ3v) is 6.61. The van der Waals surface area contributed by atoms with Crippen LogP contribution >= 0.6 is 0 Å². The largest absolute Gasteiger partial charge is 0.354 e. The summed E-state index contributed by atoms with van der Waals surface area (Å²) >= 11 is 0. The number of nitrogens with zero attached hydrogens (tertiary/aromatic N) is 4. The van der Waals surface area contributed by atoms with Crippen LogP contribution in [0.15, 0.2) is 0 Å². The molecule has 0 fully saturated rings. The standard InChI is InChI=1S/C16H33N7O9S3/c1-2-5-17-14-20-15(22-16(21-14)19-7-13-35(30,31)32)18-6-10-23(8-3-11-33(24,25)26)9-4-12-34(27,28)29/h2-13H2,1H3,(H,24,25,26)(H,27,28,29)(H,30,31,32)(H3,17,18,19,20,21,22). The first-order valence-corrected chi connectivity index (χ1v) is 15.5. The van der Waals surface area contributed by atoms with Crippen LogP contribution in [-0.2, 0) is 30.4 Å². The molecule has 0 aliphatic carbocycles. The van der Waals surface area contributed by atoms with E-state index in [0.717, 1.165) is 6.42 Å². The number of hydrogen-bond donors (Lipinski definition) is 6. The van der Waals surface area contributed by atoms with E-state index in [1.807, 2.05) is 6.92 Å². The summed E-state index contributed by atoms with van der Waals surface area (Å²) in [7, 11) is -12.4. The van der Waals surface area contributed by atoms with E-state index in [-0.39, 0.29) is 56.9 Å². The zero-order valence-electron chi connectivity index (χ0n) is 19.3. The Morgan fingerprint density at radius 1 is 0.629 bits per heavy atom. The van der Waals surface area contributed by atoms with E-state index in [4.69, 9.17) is 13.7 Å². The highest BCUT2D eigenvalue weighted by Crippen LogP contribution is 2.10. The van der Waals surface area contributed by atoms with E-state index in [0.29, 0.717) is 13.1 Å². The Labute approximate surface area is 205 Å². The van der Waals surface area contributed by atoms with E-state index in [2.05, 4.69) is 30.9 Å². The summed E-state index contributed by atoms with van der Waals surface area (Å²) in [5.74, 6) is -0.980. The lowest BCUT2D eigenvalue weighted by Gasteiger charge is -2.22. The number of anilines is 3. The first-order chi connectivity index (χ1) is 16.2. The van der Waals surface area contributed by atoms with Crippen LogP contribution in [-0.4, -0.2) is 115 Å². The zero-order valence-corrected chi connectivity index (χ0v) is 21.7. The fourth-order valence-corrected chi connectivity index (χ4v) is 4.09. The molecule has 0 unspecified atom stereocenters. The smallest absolute Gasteiger partial charge is 0.266 e. The molecule has 1 heterocycles. The van der Waals surface area contributed by atoms with Gasteiger partial charge in [-0.1, -0.05) is 6.92 Å². The van der Waals surface area contributed by atoms with Gasteiger partial charge in [0.15, 0.2) is 0 Å². The Bertz CT molecular complexity index is 1060. The van der Waals surface area contributed by atoms with Crippen molar-refractivity contribution in [3.63, 3.8) is 0 Å². The highest BCUT2D eigenvalue weighted by atomic mass is 32.2. The van der Waals surface area contributed by atoms with Gasteiger partial charge in [0.05, 0.1) is 17.3 Å². The molecular weight excluding hydrogens is 530 g/mol. The lowest BCUT2D eigenvalue weighted by atomic mass is 10.3. The average Bonchev–Trinajstić information content (AvgIpc) is 2.69. The first kappa shape index (κ1) is 31.1. The highest BCUT2D eigenvalue weighted by molar-refractivity contribution is 7.86. The van der Waals surface area contributed by atoms with Crippen molar-refractivity contribution in [1.82, 2.24) is 19.9 Å². The van der Waals surface area contributed by atoms with Gasteiger partial charge in [0.2, 0.25) is 17.8 Å². The maximum absolute atomic E-state index is 11.0. The second-order valence-corrected chi connectivity index (χ2v) is 12.2. The molecule has 0 spiro atoms. The van der Waals surface area contributed by atoms with Gasteiger partial charge in [0.25, 0.3) is 30.4 Å². The lowest BCUT2D eigenvalue weighted by molar-refractivity contribution is 0.284. The third kappa shape index (κ3) is 17.2. The predicted octanol–water partition coefficient (Wildman–Crippen LogP) is -0.737. The monoisotopic (exact) mass is 563 g/mol. The summed E-state index contributed by atoms with van der Waals surface area (Å²) in [5, 5.41) is 8.64. The van der Waals surface area contributed by atoms with Crippen LogP contribution in [0.3, 0.4) is 0 Å². The highest BCUT2D eigenvalue weighted by Gasteiger charge is 2.13. The molecule has 0 aliphatic heterocycles. The van der Waals surface area contributed by atoms with E-state index in [1.54, 1.807) is 4.90 Å². The van der Waals surface area contributed by atoms with Crippen LogP contribution in [0.25, 0.3) is 0 Å². The molecule has 1 rings (SSSR count). The second-order valence-electron chi connectivity index (χ2n) is 7.49. The van der Waals surface area contributed by atoms with Crippen molar-refractivity contribution in [3.8, 4) is 0 Å². The van der Waals surface area contributed by atoms with Crippen molar-refractivity contribution in [2.75, 3.05) is 72.5 Å². The van der Waals surface area contributed by atoms with Gasteiger partial charge in [-0.3, -0.25) is 13.7 Å². The number of rotatable bonds is 19. The van der Waals surface area contributed by atoms with Crippen molar-refractivity contribution < 1.29 is 38.9 Å². The SMILES string of the molecule is CCCNc1nc(NCCN(CCCS(=O)(=O)O)CCCS(=O)(=O)O)nc(NCCS(=O)(=O)O)n1. The molecule has 0 saturated carbocycles. The van der Waals surface area contributed by atoms with Crippen LogP contribution in [0.2, 0.25) is 0 Å². The Kier molecular flexibility index (Phi) is 13.0. The van der Waals surface area contributed by atoms with Crippen LogP contribution in [0.1, 0.15) is 26.2 Å². The Morgan fingerprint density at radius 2 is 1.03 bits per heavy atom. The van der Waals surface area contributed by atoms with E-state index in [9.17, 15) is 25.3 Å². The summed E-state index contributed by atoms with van der Waals surface area (Å²) in [5.41, 5.74) is 0. The van der Waals surface area contributed by atoms with Crippen molar-refractivity contribution >= 4 is 48.2 Å². The summed E-state index contributed by atoms with van der Waals surface area (Å²) < 4.78 is 92.3. The summed E-state index contributed by atoms with van der Waals surface area (Å²) in [4.78, 5) is 14.2. The van der Waals surface area contributed by atoms with Gasteiger partial charge >= 0.3 is 0 Å². The molecule has 0 aromatic carbocycles. The van der Waals surface area contributed by atoms with Gasteiger partial charge in [-0.15, -0.1) is 0 Å². The first-order valence-electron chi connectivity index (χ1n) is 10.7. The zero-order chi connectivity index (χ0) is 26.5. The molecule has 0 atom stereocenters. The number of hydrogen-bond acceptors (Lipinski definition) is 13. The number of aromatic nitrogens is 3. The van der Waals surface area contributed by atoms with Crippen molar-refractivity contribution in [3.05, 3.63) is 0 Å². The van der Waals surface area contributed by atoms with Gasteiger partial charge in [0, 0.05) is 26.2 Å². The molecule has 16 nitrogen and oxygen atoms in total. The summed E-state index contributed by atoms with van der Waals surface area (Å²) in [6.45, 7) is 3.46. The molecule has 204 valence electrons. The maximum Gasteiger partial charge on any atom is 0.266 e. The predicted molar refractivity (Wildman–Crippen MR) is 131 cm³/mol. The maximum atomic E-state index is 11.0. The van der Waals surface area contributed by atoms with Gasteiger partial charge < -0.3 is 20.9 Å². The second kappa shape index (κ2) is 14.6. The van der Waals surface area contributed by atoms with Crippen LogP contribution in [0.5, 0.6) is 0 Å². The van der Waals surface area contributed by atoms with E-state index < -0.39 is 47.6 Å². The summed E-state index contributed by atoms with van der Waals surface area (Å²) in [6, 6.07) is 0. The number of nitrogens with one attached hydrogen (secondary N) is 3. The molecular formula is C16H33N7O9S3. The minimum absolute atomic E-state index is 0.0721. The molecule has 6 N–H and O–H groups in total. The molecule has 0 saturated heterocycles. The van der Waals surface area contributed by atoms with Crippen LogP contribution in [0, 0.1) is 0 Å². The molecule has 35 heavy (non-hydrogen) atoms. The molecule has 0 bridgehead atoms. The Morgan fingerprint density at radius 3 is 1.43 bits per heavy atom. The quantitative estimate of drug-likeness (QED) is 0.114. The third-order valence-electron chi connectivity index (χ3n) is 4.28. The van der Waals surface area contributed by atoms with Gasteiger partial charge in [-0.05, 0) is 32.4 Å². The van der Waals surface area contributed by atoms with Crippen molar-refractivity contribution in [2.45, 2.75) is 26.2 Å². The van der Waals surface area contributed by atoms with Gasteiger partial charge in [-0.2, -0.15) is 40.2 Å². The van der Waals surface area contributed by atoms with Crippen LogP contribution < -0.4 is 16.0 Å².